The first-order valence-electron chi connectivity index (χ1n) is 5.62. The van der Waals surface area contributed by atoms with E-state index in [9.17, 15) is 9.59 Å². The molecule has 0 saturated heterocycles. The Morgan fingerprint density at radius 3 is 2.47 bits per heavy atom. The van der Waals surface area contributed by atoms with Gasteiger partial charge in [-0.2, -0.15) is 0 Å². The number of hydrogen-bond acceptors (Lipinski definition) is 4. The van der Waals surface area contributed by atoms with E-state index in [1.807, 2.05) is 6.92 Å². The van der Waals surface area contributed by atoms with Gasteiger partial charge in [0.25, 0.3) is 0 Å². The van der Waals surface area contributed by atoms with Gasteiger partial charge < -0.3 is 4.74 Å². The highest BCUT2D eigenvalue weighted by Gasteiger charge is 2.34. The molecule has 15 heavy (non-hydrogen) atoms. The van der Waals surface area contributed by atoms with Crippen molar-refractivity contribution < 1.29 is 14.3 Å². The molecule has 0 aromatic carbocycles. The molecule has 0 aromatic rings. The van der Waals surface area contributed by atoms with Gasteiger partial charge in [-0.25, -0.2) is 4.79 Å². The standard InChI is InChI=1S/C11H19NO3/c1-2-3-6-9(13)10(14)15-11(12)7-4-5-8-11/h2-8,12H2,1H3. The monoisotopic (exact) mass is 213 g/mol. The van der Waals surface area contributed by atoms with Crippen LogP contribution in [0.2, 0.25) is 0 Å². The van der Waals surface area contributed by atoms with E-state index < -0.39 is 17.5 Å². The van der Waals surface area contributed by atoms with E-state index in [4.69, 9.17) is 10.5 Å². The maximum absolute atomic E-state index is 11.4. The first-order valence-corrected chi connectivity index (χ1v) is 5.62. The third kappa shape index (κ3) is 3.63. The highest BCUT2D eigenvalue weighted by atomic mass is 16.6. The fraction of sp³-hybridized carbons (Fsp3) is 0.818. The number of ketones is 1. The van der Waals surface area contributed by atoms with Crippen LogP contribution in [0.3, 0.4) is 0 Å². The fourth-order valence-corrected chi connectivity index (χ4v) is 1.76. The van der Waals surface area contributed by atoms with Crippen LogP contribution in [-0.2, 0) is 14.3 Å². The van der Waals surface area contributed by atoms with E-state index in [1.165, 1.54) is 0 Å². The summed E-state index contributed by atoms with van der Waals surface area (Å²) < 4.78 is 5.05. The number of unbranched alkanes of at least 4 members (excludes halogenated alkanes) is 1. The largest absolute Gasteiger partial charge is 0.438 e. The first-order chi connectivity index (χ1) is 7.07. The molecule has 4 nitrogen and oxygen atoms in total. The molecule has 1 aliphatic rings. The van der Waals surface area contributed by atoms with Crippen LogP contribution in [0.25, 0.3) is 0 Å². The van der Waals surface area contributed by atoms with Crippen molar-refractivity contribution in [2.45, 2.75) is 57.6 Å². The van der Waals surface area contributed by atoms with Crippen LogP contribution in [0, 0.1) is 0 Å². The van der Waals surface area contributed by atoms with Crippen molar-refractivity contribution in [3.8, 4) is 0 Å². The van der Waals surface area contributed by atoms with Crippen LogP contribution in [0.15, 0.2) is 0 Å². The van der Waals surface area contributed by atoms with Gasteiger partial charge in [-0.05, 0) is 19.3 Å². The van der Waals surface area contributed by atoms with Crippen LogP contribution in [0.5, 0.6) is 0 Å². The highest BCUT2D eigenvalue weighted by molar-refractivity contribution is 6.33. The summed E-state index contributed by atoms with van der Waals surface area (Å²) in [5, 5.41) is 0. The van der Waals surface area contributed by atoms with Gasteiger partial charge >= 0.3 is 5.97 Å². The lowest BCUT2D eigenvalue weighted by atomic mass is 10.1. The van der Waals surface area contributed by atoms with Crippen molar-refractivity contribution in [2.75, 3.05) is 0 Å². The molecular formula is C11H19NO3. The first kappa shape index (κ1) is 12.2. The Bertz CT molecular complexity index is 244. The lowest BCUT2D eigenvalue weighted by Crippen LogP contribution is -2.43. The van der Waals surface area contributed by atoms with E-state index in [-0.39, 0.29) is 6.42 Å². The third-order valence-corrected chi connectivity index (χ3v) is 2.73. The average molecular weight is 213 g/mol. The van der Waals surface area contributed by atoms with Crippen molar-refractivity contribution in [2.24, 2.45) is 5.73 Å². The van der Waals surface area contributed by atoms with Gasteiger partial charge in [0.2, 0.25) is 5.78 Å². The van der Waals surface area contributed by atoms with Gasteiger partial charge in [0, 0.05) is 19.3 Å². The molecule has 0 radical (unpaired) electrons. The summed E-state index contributed by atoms with van der Waals surface area (Å²) in [4.78, 5) is 22.7. The summed E-state index contributed by atoms with van der Waals surface area (Å²) in [5.74, 6) is -1.21. The molecule has 1 saturated carbocycles. The van der Waals surface area contributed by atoms with E-state index in [1.54, 1.807) is 0 Å². The van der Waals surface area contributed by atoms with Crippen molar-refractivity contribution >= 4 is 11.8 Å². The topological polar surface area (TPSA) is 69.4 Å². The Morgan fingerprint density at radius 2 is 1.93 bits per heavy atom. The van der Waals surface area contributed by atoms with E-state index >= 15 is 0 Å². The van der Waals surface area contributed by atoms with Crippen molar-refractivity contribution in [3.05, 3.63) is 0 Å². The van der Waals surface area contributed by atoms with Gasteiger partial charge in [-0.15, -0.1) is 0 Å². The van der Waals surface area contributed by atoms with Crippen LogP contribution < -0.4 is 5.73 Å². The summed E-state index contributed by atoms with van der Waals surface area (Å²) >= 11 is 0. The number of carbonyl (C=O) groups is 2. The molecule has 0 atom stereocenters. The number of ether oxygens (including phenoxy) is 1. The summed E-state index contributed by atoms with van der Waals surface area (Å²) in [5.41, 5.74) is 4.96. The van der Waals surface area contributed by atoms with Crippen LogP contribution >= 0.6 is 0 Å². The van der Waals surface area contributed by atoms with Gasteiger partial charge in [-0.3, -0.25) is 10.5 Å². The Labute approximate surface area is 90.2 Å². The lowest BCUT2D eigenvalue weighted by Gasteiger charge is -2.23. The molecule has 4 heteroatoms. The minimum absolute atomic E-state index is 0.269. The zero-order valence-electron chi connectivity index (χ0n) is 9.25. The predicted octanol–water partition coefficient (Wildman–Crippen LogP) is 1.52. The van der Waals surface area contributed by atoms with Crippen molar-refractivity contribution in [3.63, 3.8) is 0 Å². The van der Waals surface area contributed by atoms with Crippen LogP contribution in [-0.4, -0.2) is 17.5 Å². The molecule has 1 aliphatic carbocycles. The Hall–Kier alpha value is -0.900. The van der Waals surface area contributed by atoms with Crippen molar-refractivity contribution in [1.82, 2.24) is 0 Å². The Balaban J connectivity index is 2.37. The lowest BCUT2D eigenvalue weighted by molar-refractivity contribution is -0.165. The number of Topliss-reactive ketones (excluding diaryl/α,β-unsaturated/α-hetero) is 1. The quantitative estimate of drug-likeness (QED) is 0.427. The second-order valence-electron chi connectivity index (χ2n) is 4.19. The zero-order chi connectivity index (χ0) is 11.3. The normalized spacial score (nSPS) is 18.8. The number of carbonyl (C=O) groups excluding carboxylic acids is 2. The third-order valence-electron chi connectivity index (χ3n) is 2.73. The molecule has 1 fully saturated rings. The maximum atomic E-state index is 11.4. The molecule has 0 aliphatic heterocycles. The molecule has 0 spiro atoms. The number of esters is 1. The molecule has 1 rings (SSSR count). The number of nitrogens with two attached hydrogens (primary N) is 1. The minimum atomic E-state index is -0.876. The van der Waals surface area contributed by atoms with E-state index in [2.05, 4.69) is 0 Å². The Kier molecular flexibility index (Phi) is 4.27. The minimum Gasteiger partial charge on any atom is -0.438 e. The molecule has 0 unspecified atom stereocenters. The SMILES string of the molecule is CCCCC(=O)C(=O)OC1(N)CCCC1. The highest BCUT2D eigenvalue weighted by Crippen LogP contribution is 2.28. The van der Waals surface area contributed by atoms with Gasteiger partial charge in [0.05, 0.1) is 0 Å². The second-order valence-corrected chi connectivity index (χ2v) is 4.19. The van der Waals surface area contributed by atoms with E-state index in [0.29, 0.717) is 12.8 Å². The van der Waals surface area contributed by atoms with Crippen LogP contribution in [0.1, 0.15) is 51.9 Å². The number of hydrogen-bond donors (Lipinski definition) is 1. The van der Waals surface area contributed by atoms with E-state index in [0.717, 1.165) is 25.7 Å². The number of rotatable bonds is 5. The molecule has 2 N–H and O–H groups in total. The fourth-order valence-electron chi connectivity index (χ4n) is 1.76. The molecule has 86 valence electrons. The van der Waals surface area contributed by atoms with Gasteiger partial charge in [0.1, 0.15) is 0 Å². The molecule has 0 heterocycles. The Morgan fingerprint density at radius 1 is 1.33 bits per heavy atom. The summed E-state index contributed by atoms with van der Waals surface area (Å²) in [7, 11) is 0. The zero-order valence-corrected chi connectivity index (χ0v) is 9.25. The summed E-state index contributed by atoms with van der Waals surface area (Å²) in [6.45, 7) is 1.97. The van der Waals surface area contributed by atoms with Crippen LogP contribution in [0.4, 0.5) is 0 Å². The van der Waals surface area contributed by atoms with Gasteiger partial charge in [-0.1, -0.05) is 13.3 Å². The summed E-state index contributed by atoms with van der Waals surface area (Å²) in [6.07, 6.45) is 5.16. The van der Waals surface area contributed by atoms with Gasteiger partial charge in [0.15, 0.2) is 5.72 Å². The average Bonchev–Trinajstić information content (AvgIpc) is 2.61. The molecule has 0 bridgehead atoms. The molecular weight excluding hydrogens is 194 g/mol. The summed E-state index contributed by atoms with van der Waals surface area (Å²) in [6, 6.07) is 0. The van der Waals surface area contributed by atoms with Crippen molar-refractivity contribution in [1.29, 1.82) is 0 Å². The maximum Gasteiger partial charge on any atom is 0.376 e. The second kappa shape index (κ2) is 5.26. The molecule has 0 amide bonds. The predicted molar refractivity (Wildman–Crippen MR) is 56.0 cm³/mol. The molecule has 0 aromatic heterocycles. The smallest absolute Gasteiger partial charge is 0.376 e.